The van der Waals surface area contributed by atoms with Gasteiger partial charge in [0, 0.05) is 0 Å². The monoisotopic (exact) mass is 332 g/mol. The summed E-state index contributed by atoms with van der Waals surface area (Å²) < 4.78 is 5.50. The quantitative estimate of drug-likeness (QED) is 0.411. The Hall–Kier alpha value is -0.200. The molecule has 1 saturated heterocycles. The summed E-state index contributed by atoms with van der Waals surface area (Å²) in [4.78, 5) is 0. The molecule has 1 fully saturated rings. The zero-order valence-electron chi connectivity index (χ0n) is 14.6. The van der Waals surface area contributed by atoms with Crippen molar-refractivity contribution in [1.29, 1.82) is 0 Å². The van der Waals surface area contributed by atoms with Crippen LogP contribution in [0.5, 0.6) is 0 Å². The maximum atomic E-state index is 9.95. The van der Waals surface area contributed by atoms with E-state index in [1.54, 1.807) is 0 Å². The molecule has 5 nitrogen and oxygen atoms in total. The van der Waals surface area contributed by atoms with Crippen molar-refractivity contribution in [3.63, 3.8) is 0 Å². The largest absolute Gasteiger partial charge is 0.394 e. The van der Waals surface area contributed by atoms with Crippen LogP contribution < -0.4 is 0 Å². The third kappa shape index (κ3) is 7.48. The van der Waals surface area contributed by atoms with Crippen molar-refractivity contribution in [2.45, 2.75) is 108 Å². The highest BCUT2D eigenvalue weighted by molar-refractivity contribution is 4.91. The van der Waals surface area contributed by atoms with Gasteiger partial charge in [-0.05, 0) is 6.42 Å². The summed E-state index contributed by atoms with van der Waals surface area (Å²) in [5, 5.41) is 38.6. The van der Waals surface area contributed by atoms with Crippen LogP contribution in [0.2, 0.25) is 0 Å². The fourth-order valence-electron chi connectivity index (χ4n) is 3.25. The first-order valence-electron chi connectivity index (χ1n) is 9.42. The number of unbranched alkanes of at least 4 members (excludes halogenated alkanes) is 9. The first kappa shape index (κ1) is 20.8. The fourth-order valence-corrected chi connectivity index (χ4v) is 3.25. The minimum atomic E-state index is -1.24. The zero-order valence-corrected chi connectivity index (χ0v) is 14.6. The Morgan fingerprint density at radius 1 is 0.652 bits per heavy atom. The van der Waals surface area contributed by atoms with E-state index in [9.17, 15) is 15.3 Å². The molecule has 5 heteroatoms. The highest BCUT2D eigenvalue weighted by Crippen LogP contribution is 2.24. The van der Waals surface area contributed by atoms with Gasteiger partial charge in [0.2, 0.25) is 0 Å². The summed E-state index contributed by atoms with van der Waals surface area (Å²) in [5.41, 5.74) is 0. The molecule has 0 radical (unpaired) electrons. The molecule has 138 valence electrons. The molecule has 1 aliphatic heterocycles. The van der Waals surface area contributed by atoms with Gasteiger partial charge in [0.25, 0.3) is 0 Å². The highest BCUT2D eigenvalue weighted by atomic mass is 16.5. The third-order valence-electron chi connectivity index (χ3n) is 4.83. The molecule has 0 aromatic rings. The van der Waals surface area contributed by atoms with Crippen molar-refractivity contribution in [3.05, 3.63) is 0 Å². The SMILES string of the molecule is CCCCCCCCCCCCC1O[C@H](CO)[C@H](O)[C@H](O)[C@H]1O. The fraction of sp³-hybridized carbons (Fsp3) is 1.00. The van der Waals surface area contributed by atoms with E-state index in [4.69, 9.17) is 9.84 Å². The van der Waals surface area contributed by atoms with Gasteiger partial charge in [0.15, 0.2) is 0 Å². The second-order valence-corrected chi connectivity index (χ2v) is 6.84. The number of aliphatic hydroxyl groups excluding tert-OH is 4. The lowest BCUT2D eigenvalue weighted by Gasteiger charge is -2.40. The molecular weight excluding hydrogens is 296 g/mol. The molecule has 1 unspecified atom stereocenters. The van der Waals surface area contributed by atoms with Crippen molar-refractivity contribution in [2.24, 2.45) is 0 Å². The summed E-state index contributed by atoms with van der Waals surface area (Å²) >= 11 is 0. The predicted molar refractivity (Wildman–Crippen MR) is 90.2 cm³/mol. The molecule has 23 heavy (non-hydrogen) atoms. The topological polar surface area (TPSA) is 90.2 Å². The molecule has 0 amide bonds. The van der Waals surface area contributed by atoms with E-state index < -0.39 is 30.5 Å². The van der Waals surface area contributed by atoms with Crippen molar-refractivity contribution in [3.8, 4) is 0 Å². The van der Waals surface area contributed by atoms with Gasteiger partial charge >= 0.3 is 0 Å². The van der Waals surface area contributed by atoms with E-state index in [0.717, 1.165) is 12.8 Å². The molecular formula is C18H36O5. The van der Waals surface area contributed by atoms with E-state index in [-0.39, 0.29) is 6.61 Å². The van der Waals surface area contributed by atoms with Crippen LogP contribution in [-0.4, -0.2) is 57.6 Å². The Bertz CT molecular complexity index is 285. The average molecular weight is 332 g/mol. The van der Waals surface area contributed by atoms with Crippen molar-refractivity contribution < 1.29 is 25.2 Å². The summed E-state index contributed by atoms with van der Waals surface area (Å²) in [6, 6.07) is 0. The van der Waals surface area contributed by atoms with Crippen LogP contribution in [0, 0.1) is 0 Å². The maximum Gasteiger partial charge on any atom is 0.111 e. The Labute approximate surface area is 140 Å². The summed E-state index contributed by atoms with van der Waals surface area (Å²) in [5.74, 6) is 0. The van der Waals surface area contributed by atoms with E-state index in [0.29, 0.717) is 6.42 Å². The minimum absolute atomic E-state index is 0.348. The van der Waals surface area contributed by atoms with Crippen LogP contribution in [0.25, 0.3) is 0 Å². The van der Waals surface area contributed by atoms with Crippen LogP contribution in [0.3, 0.4) is 0 Å². The van der Waals surface area contributed by atoms with E-state index in [1.165, 1.54) is 51.4 Å². The standard InChI is InChI=1S/C18H36O5/c1-2-3-4-5-6-7-8-9-10-11-12-14-16(20)18(22)17(21)15(13-19)23-14/h14-22H,2-13H2,1H3/t14?,15-,16+,17+,18-/m1/s1. The lowest BCUT2D eigenvalue weighted by molar-refractivity contribution is -0.230. The maximum absolute atomic E-state index is 9.95. The lowest BCUT2D eigenvalue weighted by atomic mass is 9.92. The van der Waals surface area contributed by atoms with Gasteiger partial charge in [-0.25, -0.2) is 0 Å². The molecule has 0 aromatic carbocycles. The van der Waals surface area contributed by atoms with Gasteiger partial charge < -0.3 is 25.2 Å². The number of ether oxygens (including phenoxy) is 1. The van der Waals surface area contributed by atoms with Crippen molar-refractivity contribution in [1.82, 2.24) is 0 Å². The minimum Gasteiger partial charge on any atom is -0.394 e. The highest BCUT2D eigenvalue weighted by Gasteiger charge is 2.42. The molecule has 1 heterocycles. The Balaban J connectivity index is 2.06. The van der Waals surface area contributed by atoms with Crippen LogP contribution in [-0.2, 0) is 4.74 Å². The molecule has 0 bridgehead atoms. The predicted octanol–water partition coefficient (Wildman–Crippen LogP) is 2.14. The Morgan fingerprint density at radius 2 is 1.13 bits per heavy atom. The second kappa shape index (κ2) is 12.2. The molecule has 4 N–H and O–H groups in total. The number of aliphatic hydroxyl groups is 4. The van der Waals surface area contributed by atoms with E-state index >= 15 is 0 Å². The summed E-state index contributed by atoms with van der Waals surface area (Å²) in [6.45, 7) is 1.88. The normalized spacial score (nSPS) is 31.4. The van der Waals surface area contributed by atoms with Gasteiger partial charge in [0.05, 0.1) is 12.7 Å². The van der Waals surface area contributed by atoms with Crippen molar-refractivity contribution >= 4 is 0 Å². The summed E-state index contributed by atoms with van der Waals surface area (Å²) in [6.07, 6.45) is 8.22. The van der Waals surface area contributed by atoms with Gasteiger partial charge in [-0.3, -0.25) is 0 Å². The third-order valence-corrected chi connectivity index (χ3v) is 4.83. The zero-order chi connectivity index (χ0) is 17.1. The first-order valence-corrected chi connectivity index (χ1v) is 9.42. The first-order chi connectivity index (χ1) is 11.1. The Kier molecular flexibility index (Phi) is 11.1. The molecule has 0 aliphatic carbocycles. The number of hydrogen-bond acceptors (Lipinski definition) is 5. The van der Waals surface area contributed by atoms with Crippen LogP contribution in [0.1, 0.15) is 77.6 Å². The summed E-state index contributed by atoms with van der Waals surface area (Å²) in [7, 11) is 0. The van der Waals surface area contributed by atoms with E-state index in [1.807, 2.05) is 0 Å². The molecule has 0 aromatic heterocycles. The van der Waals surface area contributed by atoms with Crippen LogP contribution in [0.15, 0.2) is 0 Å². The van der Waals surface area contributed by atoms with Crippen LogP contribution in [0.4, 0.5) is 0 Å². The second-order valence-electron chi connectivity index (χ2n) is 6.84. The van der Waals surface area contributed by atoms with Gasteiger partial charge in [-0.15, -0.1) is 0 Å². The number of rotatable bonds is 12. The van der Waals surface area contributed by atoms with Crippen molar-refractivity contribution in [2.75, 3.05) is 6.61 Å². The van der Waals surface area contributed by atoms with Gasteiger partial charge in [-0.1, -0.05) is 71.1 Å². The molecule has 1 aliphatic rings. The van der Waals surface area contributed by atoms with Gasteiger partial charge in [-0.2, -0.15) is 0 Å². The molecule has 0 saturated carbocycles. The lowest BCUT2D eigenvalue weighted by Crippen LogP contribution is -2.58. The van der Waals surface area contributed by atoms with E-state index in [2.05, 4.69) is 6.92 Å². The smallest absolute Gasteiger partial charge is 0.111 e. The molecule has 5 atom stereocenters. The number of hydrogen-bond donors (Lipinski definition) is 4. The van der Waals surface area contributed by atoms with Gasteiger partial charge in [0.1, 0.15) is 24.4 Å². The van der Waals surface area contributed by atoms with Crippen LogP contribution >= 0.6 is 0 Å². The molecule has 0 spiro atoms. The molecule has 1 rings (SSSR count). The average Bonchev–Trinajstić information content (AvgIpc) is 2.56. The Morgan fingerprint density at radius 3 is 1.65 bits per heavy atom.